The fourth-order valence-corrected chi connectivity index (χ4v) is 1.62. The van der Waals surface area contributed by atoms with Gasteiger partial charge < -0.3 is 5.32 Å². The molecule has 7 heteroatoms. The van der Waals surface area contributed by atoms with E-state index in [9.17, 15) is 18.0 Å². The van der Waals surface area contributed by atoms with Crippen LogP contribution in [0.2, 0.25) is 0 Å². The predicted molar refractivity (Wildman–Crippen MR) is 65.8 cm³/mol. The lowest BCUT2D eigenvalue weighted by Gasteiger charge is -2.08. The number of anilines is 1. The van der Waals surface area contributed by atoms with Crippen LogP contribution in [-0.4, -0.2) is 15.9 Å². The molecule has 0 aliphatic carbocycles. The third kappa shape index (κ3) is 2.61. The average molecular weight is 281 g/mol. The summed E-state index contributed by atoms with van der Waals surface area (Å²) in [5, 5.41) is 2.15. The second kappa shape index (κ2) is 5.28. The summed E-state index contributed by atoms with van der Waals surface area (Å²) in [6.07, 6.45) is 1.28. The monoisotopic (exact) mass is 281 g/mol. The number of carbonyl (C=O) groups is 1. The van der Waals surface area contributed by atoms with Crippen LogP contribution >= 0.6 is 0 Å². The quantitative estimate of drug-likeness (QED) is 0.861. The van der Waals surface area contributed by atoms with Gasteiger partial charge in [-0.25, -0.2) is 23.1 Å². The molecule has 104 valence electrons. The van der Waals surface area contributed by atoms with Gasteiger partial charge in [-0.3, -0.25) is 4.79 Å². The number of hydrogen-bond donors (Lipinski definition) is 1. The first-order chi connectivity index (χ1) is 9.40. The minimum Gasteiger partial charge on any atom is -0.319 e. The van der Waals surface area contributed by atoms with Crippen LogP contribution in [0.5, 0.6) is 0 Å². The Labute approximate surface area is 112 Å². The maximum absolute atomic E-state index is 13.4. The van der Waals surface area contributed by atoms with E-state index < -0.39 is 29.0 Å². The number of amides is 1. The Hall–Kier alpha value is -2.44. The normalized spacial score (nSPS) is 10.4. The number of carbonyl (C=O) groups excluding carboxylic acids is 1. The molecule has 0 bridgehead atoms. The topological polar surface area (TPSA) is 54.9 Å². The second-order valence-electron chi connectivity index (χ2n) is 4.09. The van der Waals surface area contributed by atoms with Crippen molar-refractivity contribution in [3.63, 3.8) is 0 Å². The van der Waals surface area contributed by atoms with Crippen molar-refractivity contribution in [2.45, 2.75) is 13.8 Å². The highest BCUT2D eigenvalue weighted by molar-refractivity contribution is 6.04. The molecule has 1 aromatic carbocycles. The van der Waals surface area contributed by atoms with Gasteiger partial charge in [0.05, 0.1) is 16.9 Å². The van der Waals surface area contributed by atoms with Crippen molar-refractivity contribution in [3.05, 3.63) is 52.9 Å². The third-order valence-corrected chi connectivity index (χ3v) is 2.63. The smallest absolute Gasteiger partial charge is 0.259 e. The summed E-state index contributed by atoms with van der Waals surface area (Å²) in [6, 6.07) is 1.67. The van der Waals surface area contributed by atoms with Crippen LogP contribution in [-0.2, 0) is 0 Å². The van der Waals surface area contributed by atoms with E-state index in [0.717, 1.165) is 12.1 Å². The van der Waals surface area contributed by atoms with Crippen molar-refractivity contribution in [1.82, 2.24) is 9.97 Å². The molecule has 20 heavy (non-hydrogen) atoms. The van der Waals surface area contributed by atoms with E-state index >= 15 is 0 Å². The molecule has 1 amide bonds. The van der Waals surface area contributed by atoms with E-state index in [1.165, 1.54) is 6.20 Å². The highest BCUT2D eigenvalue weighted by Crippen LogP contribution is 2.20. The molecule has 0 spiro atoms. The van der Waals surface area contributed by atoms with Gasteiger partial charge in [-0.15, -0.1) is 0 Å². The van der Waals surface area contributed by atoms with Crippen molar-refractivity contribution in [3.8, 4) is 0 Å². The SMILES string of the molecule is Cc1ncc(C(=O)Nc2ccc(F)c(F)c2F)c(C)n1. The van der Waals surface area contributed by atoms with Gasteiger partial charge in [0.2, 0.25) is 0 Å². The number of nitrogens with zero attached hydrogens (tertiary/aromatic N) is 2. The Bertz CT molecular complexity index is 689. The Morgan fingerprint density at radius 3 is 2.50 bits per heavy atom. The maximum Gasteiger partial charge on any atom is 0.259 e. The number of hydrogen-bond acceptors (Lipinski definition) is 3. The van der Waals surface area contributed by atoms with Crippen molar-refractivity contribution in [2.24, 2.45) is 0 Å². The summed E-state index contributed by atoms with van der Waals surface area (Å²) in [7, 11) is 0. The van der Waals surface area contributed by atoms with E-state index in [1.54, 1.807) is 13.8 Å². The second-order valence-corrected chi connectivity index (χ2v) is 4.09. The van der Waals surface area contributed by atoms with E-state index in [0.29, 0.717) is 11.5 Å². The van der Waals surface area contributed by atoms with Crippen molar-refractivity contribution < 1.29 is 18.0 Å². The molecule has 2 aromatic rings. The Kier molecular flexibility index (Phi) is 3.69. The van der Waals surface area contributed by atoms with Crippen molar-refractivity contribution in [1.29, 1.82) is 0 Å². The van der Waals surface area contributed by atoms with Gasteiger partial charge in [-0.2, -0.15) is 0 Å². The maximum atomic E-state index is 13.4. The molecule has 4 nitrogen and oxygen atoms in total. The predicted octanol–water partition coefficient (Wildman–Crippen LogP) is 2.76. The van der Waals surface area contributed by atoms with E-state index in [4.69, 9.17) is 0 Å². The first-order valence-electron chi connectivity index (χ1n) is 5.65. The fourth-order valence-electron chi connectivity index (χ4n) is 1.62. The lowest BCUT2D eigenvalue weighted by molar-refractivity contribution is 0.102. The number of nitrogens with one attached hydrogen (secondary N) is 1. The molecule has 0 saturated heterocycles. The summed E-state index contributed by atoms with van der Waals surface area (Å²) in [5.41, 5.74) is 0.0756. The largest absolute Gasteiger partial charge is 0.319 e. The van der Waals surface area contributed by atoms with Crippen molar-refractivity contribution in [2.75, 3.05) is 5.32 Å². The van der Waals surface area contributed by atoms with Crippen LogP contribution < -0.4 is 5.32 Å². The molecule has 0 unspecified atom stereocenters. The molecule has 0 aliphatic rings. The summed E-state index contributed by atoms with van der Waals surface area (Å²) in [4.78, 5) is 19.8. The molecule has 0 saturated carbocycles. The Morgan fingerprint density at radius 2 is 1.85 bits per heavy atom. The number of aryl methyl sites for hydroxylation is 2. The zero-order valence-corrected chi connectivity index (χ0v) is 10.7. The zero-order chi connectivity index (χ0) is 14.9. The molecular weight excluding hydrogens is 271 g/mol. The van der Waals surface area contributed by atoms with Crippen LogP contribution in [0.15, 0.2) is 18.3 Å². The minimum atomic E-state index is -1.64. The summed E-state index contributed by atoms with van der Waals surface area (Å²) < 4.78 is 39.3. The highest BCUT2D eigenvalue weighted by atomic mass is 19.2. The molecule has 0 radical (unpaired) electrons. The molecule has 0 aliphatic heterocycles. The molecule has 0 fully saturated rings. The number of aromatic nitrogens is 2. The standard InChI is InChI=1S/C13H10F3N3O/c1-6-8(5-17-7(2)18-6)13(20)19-10-4-3-9(14)11(15)12(10)16/h3-5H,1-2H3,(H,19,20). The summed E-state index contributed by atoms with van der Waals surface area (Å²) in [5.74, 6) is -4.63. The van der Waals surface area contributed by atoms with Crippen LogP contribution in [0.25, 0.3) is 0 Å². The van der Waals surface area contributed by atoms with Gasteiger partial charge in [0.15, 0.2) is 17.5 Å². The first-order valence-corrected chi connectivity index (χ1v) is 5.65. The van der Waals surface area contributed by atoms with E-state index in [-0.39, 0.29) is 5.56 Å². The molecule has 1 heterocycles. The number of halogens is 3. The van der Waals surface area contributed by atoms with Crippen LogP contribution in [0.3, 0.4) is 0 Å². The third-order valence-electron chi connectivity index (χ3n) is 2.63. The van der Waals surface area contributed by atoms with E-state index in [1.807, 2.05) is 0 Å². The highest BCUT2D eigenvalue weighted by Gasteiger charge is 2.17. The molecule has 1 aromatic heterocycles. The number of benzene rings is 1. The average Bonchev–Trinajstić information content (AvgIpc) is 2.39. The van der Waals surface area contributed by atoms with Gasteiger partial charge in [0.25, 0.3) is 5.91 Å². The molecular formula is C13H10F3N3O. The lowest BCUT2D eigenvalue weighted by Crippen LogP contribution is -2.16. The zero-order valence-electron chi connectivity index (χ0n) is 10.7. The first kappa shape index (κ1) is 14.0. The summed E-state index contributed by atoms with van der Waals surface area (Å²) >= 11 is 0. The van der Waals surface area contributed by atoms with Gasteiger partial charge in [0, 0.05) is 6.20 Å². The van der Waals surface area contributed by atoms with Gasteiger partial charge in [0.1, 0.15) is 5.82 Å². The molecule has 0 atom stereocenters. The van der Waals surface area contributed by atoms with Crippen LogP contribution in [0, 0.1) is 31.3 Å². The Balaban J connectivity index is 2.30. The van der Waals surface area contributed by atoms with Crippen LogP contribution in [0.4, 0.5) is 18.9 Å². The van der Waals surface area contributed by atoms with Gasteiger partial charge >= 0.3 is 0 Å². The Morgan fingerprint density at radius 1 is 1.15 bits per heavy atom. The van der Waals surface area contributed by atoms with Crippen LogP contribution in [0.1, 0.15) is 21.9 Å². The number of rotatable bonds is 2. The lowest BCUT2D eigenvalue weighted by atomic mass is 10.2. The molecule has 1 N–H and O–H groups in total. The summed E-state index contributed by atoms with van der Waals surface area (Å²) in [6.45, 7) is 3.24. The van der Waals surface area contributed by atoms with Gasteiger partial charge in [-0.1, -0.05) is 0 Å². The van der Waals surface area contributed by atoms with Crippen molar-refractivity contribution >= 4 is 11.6 Å². The fraction of sp³-hybridized carbons (Fsp3) is 0.154. The molecule has 2 rings (SSSR count). The minimum absolute atomic E-state index is 0.125. The van der Waals surface area contributed by atoms with E-state index in [2.05, 4.69) is 15.3 Å². The van der Waals surface area contributed by atoms with Gasteiger partial charge in [-0.05, 0) is 26.0 Å².